The molecule has 0 bridgehead atoms. The van der Waals surface area contributed by atoms with E-state index < -0.39 is 0 Å². The third-order valence-corrected chi connectivity index (χ3v) is 4.63. The molecule has 1 saturated carbocycles. The van der Waals surface area contributed by atoms with Gasteiger partial charge in [0.05, 0.1) is 13.1 Å². The first-order valence-corrected chi connectivity index (χ1v) is 9.25. The Morgan fingerprint density at radius 2 is 2.08 bits per heavy atom. The van der Waals surface area contributed by atoms with Crippen molar-refractivity contribution in [2.75, 3.05) is 32.7 Å². The Balaban J connectivity index is 1.43. The molecule has 2 heterocycles. The number of rotatable bonds is 7. The molecule has 2 fully saturated rings. The monoisotopic (exact) mass is 349 g/mol. The maximum Gasteiger partial charge on any atom is 0.242 e. The van der Waals surface area contributed by atoms with Crippen LogP contribution in [0.3, 0.4) is 0 Å². The lowest BCUT2D eigenvalue weighted by Crippen LogP contribution is -2.41. The Hall–Kier alpha value is -1.96. The lowest BCUT2D eigenvalue weighted by atomic mass is 10.3. The van der Waals surface area contributed by atoms with Gasteiger partial charge in [-0.15, -0.1) is 0 Å². The van der Waals surface area contributed by atoms with Crippen molar-refractivity contribution in [1.29, 1.82) is 0 Å². The van der Waals surface area contributed by atoms with Gasteiger partial charge in [-0.3, -0.25) is 14.5 Å². The van der Waals surface area contributed by atoms with Gasteiger partial charge in [-0.1, -0.05) is 12.1 Å². The molecular formula is C17H27N5O3. The topological polar surface area (TPSA) is 91.6 Å². The van der Waals surface area contributed by atoms with Gasteiger partial charge in [0.25, 0.3) is 0 Å². The summed E-state index contributed by atoms with van der Waals surface area (Å²) >= 11 is 0. The summed E-state index contributed by atoms with van der Waals surface area (Å²) in [4.78, 5) is 32.3. The van der Waals surface area contributed by atoms with Crippen LogP contribution < -0.4 is 5.32 Å². The molecule has 8 heteroatoms. The zero-order chi connectivity index (χ0) is 17.6. The van der Waals surface area contributed by atoms with E-state index in [4.69, 9.17) is 4.52 Å². The lowest BCUT2D eigenvalue weighted by Gasteiger charge is -2.21. The highest BCUT2D eigenvalue weighted by molar-refractivity contribution is 5.84. The molecular weight excluding hydrogens is 322 g/mol. The summed E-state index contributed by atoms with van der Waals surface area (Å²) < 4.78 is 5.30. The van der Waals surface area contributed by atoms with Crippen LogP contribution in [0, 0.1) is 0 Å². The van der Waals surface area contributed by atoms with Crippen molar-refractivity contribution >= 4 is 11.8 Å². The maximum absolute atomic E-state index is 12.3. The quantitative estimate of drug-likeness (QED) is 0.786. The molecule has 2 amide bonds. The summed E-state index contributed by atoms with van der Waals surface area (Å²) in [5.41, 5.74) is 0. The summed E-state index contributed by atoms with van der Waals surface area (Å²) in [6, 6.07) is 0. The molecule has 0 radical (unpaired) electrons. The van der Waals surface area contributed by atoms with Crippen molar-refractivity contribution in [1.82, 2.24) is 25.3 Å². The van der Waals surface area contributed by atoms with Crippen LogP contribution in [-0.4, -0.2) is 64.5 Å². The fourth-order valence-corrected chi connectivity index (χ4v) is 3.01. The summed E-state index contributed by atoms with van der Waals surface area (Å²) in [6.07, 6.45) is 4.46. The average Bonchev–Trinajstić information content (AvgIpc) is 3.38. The minimum Gasteiger partial charge on any atom is -0.347 e. The second-order valence-corrected chi connectivity index (χ2v) is 6.86. The van der Waals surface area contributed by atoms with Crippen LogP contribution in [0.15, 0.2) is 4.52 Å². The predicted molar refractivity (Wildman–Crippen MR) is 90.7 cm³/mol. The highest BCUT2D eigenvalue weighted by Gasteiger charge is 2.30. The van der Waals surface area contributed by atoms with E-state index in [1.165, 1.54) is 0 Å². The Morgan fingerprint density at radius 3 is 2.84 bits per heavy atom. The van der Waals surface area contributed by atoms with Gasteiger partial charge >= 0.3 is 0 Å². The van der Waals surface area contributed by atoms with Crippen LogP contribution in [0.4, 0.5) is 0 Å². The Bertz CT molecular complexity index is 599. The molecule has 1 aromatic rings. The molecule has 3 rings (SSSR count). The number of hydrogen-bond donors (Lipinski definition) is 1. The molecule has 1 N–H and O–H groups in total. The van der Waals surface area contributed by atoms with Gasteiger partial charge in [-0.25, -0.2) is 0 Å². The van der Waals surface area contributed by atoms with Crippen LogP contribution in [0.5, 0.6) is 0 Å². The van der Waals surface area contributed by atoms with E-state index >= 15 is 0 Å². The molecule has 2 aliphatic rings. The van der Waals surface area contributed by atoms with Gasteiger partial charge in [0.2, 0.25) is 17.7 Å². The molecule has 25 heavy (non-hydrogen) atoms. The molecule has 0 aromatic carbocycles. The Labute approximate surface area is 147 Å². The van der Waals surface area contributed by atoms with Crippen molar-refractivity contribution in [3.8, 4) is 0 Å². The summed E-state index contributed by atoms with van der Waals surface area (Å²) in [5.74, 6) is 1.90. The number of carbonyl (C=O) groups excluding carboxylic acids is 2. The van der Waals surface area contributed by atoms with E-state index in [1.54, 1.807) is 0 Å². The van der Waals surface area contributed by atoms with Gasteiger partial charge in [0, 0.05) is 38.5 Å². The first kappa shape index (κ1) is 17.8. The fourth-order valence-electron chi connectivity index (χ4n) is 3.01. The largest absolute Gasteiger partial charge is 0.347 e. The van der Waals surface area contributed by atoms with E-state index in [-0.39, 0.29) is 18.4 Å². The van der Waals surface area contributed by atoms with E-state index in [2.05, 4.69) is 20.4 Å². The third kappa shape index (κ3) is 5.26. The van der Waals surface area contributed by atoms with Gasteiger partial charge in [0.15, 0.2) is 5.82 Å². The normalized spacial score (nSPS) is 18.8. The maximum atomic E-state index is 12.3. The van der Waals surface area contributed by atoms with E-state index in [0.717, 1.165) is 57.0 Å². The van der Waals surface area contributed by atoms with E-state index in [0.29, 0.717) is 25.4 Å². The highest BCUT2D eigenvalue weighted by atomic mass is 16.5. The van der Waals surface area contributed by atoms with Crippen molar-refractivity contribution < 1.29 is 14.1 Å². The van der Waals surface area contributed by atoms with Crippen molar-refractivity contribution in [3.05, 3.63) is 11.7 Å². The highest BCUT2D eigenvalue weighted by Crippen LogP contribution is 2.38. The molecule has 0 spiro atoms. The number of hydrogen-bond acceptors (Lipinski definition) is 6. The van der Waals surface area contributed by atoms with Crippen LogP contribution in [0.1, 0.15) is 56.7 Å². The molecule has 1 saturated heterocycles. The third-order valence-electron chi connectivity index (χ3n) is 4.63. The van der Waals surface area contributed by atoms with Gasteiger partial charge in [0.1, 0.15) is 0 Å². The molecule has 1 aliphatic heterocycles. The molecule has 138 valence electrons. The van der Waals surface area contributed by atoms with Crippen LogP contribution in [0.2, 0.25) is 0 Å². The van der Waals surface area contributed by atoms with Gasteiger partial charge in [-0.05, 0) is 25.7 Å². The zero-order valence-electron chi connectivity index (χ0n) is 14.9. The smallest absolute Gasteiger partial charge is 0.242 e. The molecule has 0 unspecified atom stereocenters. The first-order valence-electron chi connectivity index (χ1n) is 9.25. The first-order chi connectivity index (χ1) is 12.2. The fraction of sp³-hybridized carbons (Fsp3) is 0.765. The number of nitrogens with zero attached hydrogens (tertiary/aromatic N) is 4. The summed E-state index contributed by atoms with van der Waals surface area (Å²) in [7, 11) is 0. The SMILES string of the molecule is CCCC(=O)NCC(=O)N1CCCN(Cc2noc(C3CC3)n2)CC1. The van der Waals surface area contributed by atoms with Gasteiger partial charge < -0.3 is 14.7 Å². The minimum atomic E-state index is -0.0594. The second-order valence-electron chi connectivity index (χ2n) is 6.86. The Morgan fingerprint density at radius 1 is 1.24 bits per heavy atom. The molecule has 1 aromatic heterocycles. The lowest BCUT2D eigenvalue weighted by molar-refractivity contribution is -0.132. The van der Waals surface area contributed by atoms with E-state index in [1.807, 2.05) is 11.8 Å². The van der Waals surface area contributed by atoms with Gasteiger partial charge in [-0.2, -0.15) is 4.98 Å². The minimum absolute atomic E-state index is 0.0121. The number of amides is 2. The predicted octanol–water partition coefficient (Wildman–Crippen LogP) is 0.898. The summed E-state index contributed by atoms with van der Waals surface area (Å²) in [6.45, 7) is 5.76. The van der Waals surface area contributed by atoms with Crippen LogP contribution in [0.25, 0.3) is 0 Å². The number of carbonyl (C=O) groups is 2. The standard InChI is InChI=1S/C17H27N5O3/c1-2-4-15(23)18-11-16(24)22-8-3-7-21(9-10-22)12-14-19-17(25-20-14)13-5-6-13/h13H,2-12H2,1H3,(H,18,23). The Kier molecular flexibility index (Phi) is 6.01. The molecule has 8 nitrogen and oxygen atoms in total. The van der Waals surface area contributed by atoms with Crippen LogP contribution in [-0.2, 0) is 16.1 Å². The van der Waals surface area contributed by atoms with Crippen molar-refractivity contribution in [2.24, 2.45) is 0 Å². The zero-order valence-corrected chi connectivity index (χ0v) is 14.9. The van der Waals surface area contributed by atoms with Crippen LogP contribution >= 0.6 is 0 Å². The van der Waals surface area contributed by atoms with Crippen molar-refractivity contribution in [2.45, 2.75) is 51.5 Å². The average molecular weight is 349 g/mol. The molecule has 0 atom stereocenters. The number of aromatic nitrogens is 2. The van der Waals surface area contributed by atoms with E-state index in [9.17, 15) is 9.59 Å². The molecule has 1 aliphatic carbocycles. The summed E-state index contributed by atoms with van der Waals surface area (Å²) in [5, 5.41) is 6.76. The number of nitrogens with one attached hydrogen (secondary N) is 1. The second kappa shape index (κ2) is 8.42. The van der Waals surface area contributed by atoms with Crippen molar-refractivity contribution in [3.63, 3.8) is 0 Å².